The van der Waals surface area contributed by atoms with Gasteiger partial charge in [-0.25, -0.2) is 0 Å². The number of hydrogen-bond acceptors (Lipinski definition) is 3. The summed E-state index contributed by atoms with van der Waals surface area (Å²) in [5, 5.41) is 2.22. The van der Waals surface area contributed by atoms with Crippen LogP contribution in [0.25, 0.3) is 0 Å². The lowest BCUT2D eigenvalue weighted by Gasteiger charge is -2.34. The van der Waals surface area contributed by atoms with Crippen LogP contribution in [0.5, 0.6) is 0 Å². The summed E-state index contributed by atoms with van der Waals surface area (Å²) in [4.78, 5) is 4.12. The average molecular weight is 272 g/mol. The zero-order valence-corrected chi connectivity index (χ0v) is 12.3. The highest BCUT2D eigenvalue weighted by Crippen LogP contribution is 2.34. The summed E-state index contributed by atoms with van der Waals surface area (Å²) < 4.78 is 0. The van der Waals surface area contributed by atoms with E-state index in [1.165, 1.54) is 23.1 Å². The van der Waals surface area contributed by atoms with Crippen LogP contribution in [0.4, 0.5) is 5.69 Å². The third kappa shape index (κ3) is 2.28. The molecule has 0 saturated heterocycles. The van der Waals surface area contributed by atoms with E-state index < -0.39 is 0 Å². The first kappa shape index (κ1) is 12.7. The van der Waals surface area contributed by atoms with E-state index in [9.17, 15) is 0 Å². The van der Waals surface area contributed by atoms with E-state index in [0.717, 1.165) is 18.8 Å². The molecule has 2 heterocycles. The zero-order valence-electron chi connectivity index (χ0n) is 11.5. The fraction of sp³-hybridized carbons (Fsp3) is 0.375. The minimum absolute atomic E-state index is 0.510. The molecule has 0 fully saturated rings. The summed E-state index contributed by atoms with van der Waals surface area (Å²) >= 11 is 1.90. The largest absolute Gasteiger partial charge is 0.399 e. The molecular formula is C16H20N2S. The van der Waals surface area contributed by atoms with Gasteiger partial charge in [-0.3, -0.25) is 4.90 Å². The number of nitrogen functional groups attached to an aromatic ring is 1. The van der Waals surface area contributed by atoms with Crippen molar-refractivity contribution in [3.63, 3.8) is 0 Å². The summed E-state index contributed by atoms with van der Waals surface area (Å²) in [5.41, 5.74) is 11.0. The maximum Gasteiger partial charge on any atom is 0.0346 e. The first-order valence-electron chi connectivity index (χ1n) is 6.81. The molecule has 0 spiro atoms. The summed E-state index contributed by atoms with van der Waals surface area (Å²) in [6.07, 6.45) is 1.18. The van der Waals surface area contributed by atoms with Crippen LogP contribution in [-0.4, -0.2) is 11.4 Å². The van der Waals surface area contributed by atoms with Crippen molar-refractivity contribution in [1.29, 1.82) is 0 Å². The smallest absolute Gasteiger partial charge is 0.0346 e. The van der Waals surface area contributed by atoms with Gasteiger partial charge in [-0.2, -0.15) is 0 Å². The number of nitrogens with two attached hydrogens (primary N) is 1. The first-order valence-corrected chi connectivity index (χ1v) is 7.69. The molecule has 2 nitrogen and oxygen atoms in total. The van der Waals surface area contributed by atoms with E-state index in [1.807, 2.05) is 17.4 Å². The Morgan fingerprint density at radius 1 is 1.37 bits per heavy atom. The van der Waals surface area contributed by atoms with Crippen molar-refractivity contribution in [3.8, 4) is 0 Å². The molecule has 0 saturated carbocycles. The summed E-state index contributed by atoms with van der Waals surface area (Å²) in [7, 11) is 0. The number of fused-ring (bicyclic) bond motifs is 1. The fourth-order valence-electron chi connectivity index (χ4n) is 2.87. The van der Waals surface area contributed by atoms with Crippen LogP contribution < -0.4 is 5.73 Å². The molecule has 1 aliphatic rings. The third-order valence-electron chi connectivity index (χ3n) is 4.27. The molecular weight excluding hydrogens is 252 g/mol. The van der Waals surface area contributed by atoms with Gasteiger partial charge in [-0.05, 0) is 54.5 Å². The van der Waals surface area contributed by atoms with Crippen LogP contribution in [0.3, 0.4) is 0 Å². The fourth-order valence-corrected chi connectivity index (χ4v) is 3.83. The molecule has 0 bridgehead atoms. The van der Waals surface area contributed by atoms with Gasteiger partial charge in [0.05, 0.1) is 0 Å². The Kier molecular flexibility index (Phi) is 3.33. The second-order valence-electron chi connectivity index (χ2n) is 5.33. The molecule has 1 unspecified atom stereocenters. The summed E-state index contributed by atoms with van der Waals surface area (Å²) in [6.45, 7) is 6.57. The molecule has 1 aliphatic heterocycles. The van der Waals surface area contributed by atoms with Gasteiger partial charge in [0.15, 0.2) is 0 Å². The van der Waals surface area contributed by atoms with Gasteiger partial charge in [0.1, 0.15) is 0 Å². The zero-order chi connectivity index (χ0) is 13.4. The van der Waals surface area contributed by atoms with Gasteiger partial charge in [0.2, 0.25) is 0 Å². The van der Waals surface area contributed by atoms with E-state index in [0.29, 0.717) is 6.04 Å². The highest BCUT2D eigenvalue weighted by atomic mass is 32.1. The van der Waals surface area contributed by atoms with E-state index >= 15 is 0 Å². The Hall–Kier alpha value is -1.32. The topological polar surface area (TPSA) is 29.3 Å². The Morgan fingerprint density at radius 2 is 2.21 bits per heavy atom. The van der Waals surface area contributed by atoms with Gasteiger partial charge in [-0.15, -0.1) is 11.3 Å². The maximum absolute atomic E-state index is 6.00. The summed E-state index contributed by atoms with van der Waals surface area (Å²) in [6, 6.07) is 9.03. The molecule has 2 N–H and O–H groups in total. The number of anilines is 1. The molecule has 0 amide bonds. The Bertz CT molecular complexity index is 588. The quantitative estimate of drug-likeness (QED) is 0.843. The number of nitrogens with zero attached hydrogens (tertiary/aromatic N) is 1. The standard InChI is InChI=1S/C16H20N2S/c1-11-13(4-3-5-15(11)17)10-18-8-6-16-14(12(18)2)7-9-19-16/h3-5,7,9,12H,6,8,10,17H2,1-2H3. The van der Waals surface area contributed by atoms with Crippen molar-refractivity contribution in [2.45, 2.75) is 32.9 Å². The monoisotopic (exact) mass is 272 g/mol. The number of benzene rings is 1. The molecule has 1 aromatic heterocycles. The molecule has 19 heavy (non-hydrogen) atoms. The van der Waals surface area contributed by atoms with E-state index in [2.05, 4.69) is 42.3 Å². The second kappa shape index (κ2) is 4.99. The lowest BCUT2D eigenvalue weighted by atomic mass is 9.99. The molecule has 2 aromatic rings. The van der Waals surface area contributed by atoms with Crippen molar-refractivity contribution in [2.75, 3.05) is 12.3 Å². The molecule has 3 heteroatoms. The molecule has 0 aliphatic carbocycles. The van der Waals surface area contributed by atoms with E-state index in [4.69, 9.17) is 5.73 Å². The van der Waals surface area contributed by atoms with Crippen LogP contribution in [0.2, 0.25) is 0 Å². The van der Waals surface area contributed by atoms with Gasteiger partial charge < -0.3 is 5.73 Å². The highest BCUT2D eigenvalue weighted by molar-refractivity contribution is 7.10. The number of rotatable bonds is 2. The van der Waals surface area contributed by atoms with Crippen LogP contribution in [0, 0.1) is 6.92 Å². The van der Waals surface area contributed by atoms with Crippen LogP contribution >= 0.6 is 11.3 Å². The molecule has 100 valence electrons. The minimum atomic E-state index is 0.510. The average Bonchev–Trinajstić information content (AvgIpc) is 2.87. The van der Waals surface area contributed by atoms with Crippen molar-refractivity contribution >= 4 is 17.0 Å². The first-order chi connectivity index (χ1) is 9.16. The Balaban J connectivity index is 1.83. The number of thiophene rings is 1. The molecule has 1 aromatic carbocycles. The Labute approximate surface area is 118 Å². The summed E-state index contributed by atoms with van der Waals surface area (Å²) in [5.74, 6) is 0. The van der Waals surface area contributed by atoms with E-state index in [-0.39, 0.29) is 0 Å². The van der Waals surface area contributed by atoms with Gasteiger partial charge in [-0.1, -0.05) is 12.1 Å². The van der Waals surface area contributed by atoms with Crippen LogP contribution in [0.1, 0.15) is 34.5 Å². The predicted molar refractivity (Wildman–Crippen MR) is 82.4 cm³/mol. The maximum atomic E-state index is 6.00. The normalized spacial score (nSPS) is 19.4. The number of hydrogen-bond donors (Lipinski definition) is 1. The van der Waals surface area contributed by atoms with Crippen molar-refractivity contribution in [2.24, 2.45) is 0 Å². The lowest BCUT2D eigenvalue weighted by molar-refractivity contribution is 0.191. The minimum Gasteiger partial charge on any atom is -0.399 e. The van der Waals surface area contributed by atoms with Crippen molar-refractivity contribution < 1.29 is 0 Å². The van der Waals surface area contributed by atoms with Gasteiger partial charge >= 0.3 is 0 Å². The molecule has 1 atom stereocenters. The van der Waals surface area contributed by atoms with Crippen LogP contribution in [0.15, 0.2) is 29.6 Å². The van der Waals surface area contributed by atoms with Gasteiger partial charge in [0, 0.05) is 29.7 Å². The predicted octanol–water partition coefficient (Wildman–Crippen LogP) is 3.76. The second-order valence-corrected chi connectivity index (χ2v) is 6.33. The van der Waals surface area contributed by atoms with Crippen LogP contribution in [-0.2, 0) is 13.0 Å². The molecule has 0 radical (unpaired) electrons. The van der Waals surface area contributed by atoms with Crippen molar-refractivity contribution in [1.82, 2.24) is 4.90 Å². The Morgan fingerprint density at radius 3 is 3.05 bits per heavy atom. The van der Waals surface area contributed by atoms with E-state index in [1.54, 1.807) is 4.88 Å². The SMILES string of the molecule is Cc1c(N)cccc1CN1CCc2sccc2C1C. The van der Waals surface area contributed by atoms with Gasteiger partial charge in [0.25, 0.3) is 0 Å². The van der Waals surface area contributed by atoms with Crippen molar-refractivity contribution in [3.05, 3.63) is 51.2 Å². The lowest BCUT2D eigenvalue weighted by Crippen LogP contribution is -2.32. The molecule has 3 rings (SSSR count). The third-order valence-corrected chi connectivity index (χ3v) is 5.26. The highest BCUT2D eigenvalue weighted by Gasteiger charge is 2.24.